The Hall–Kier alpha value is -4.19. The van der Waals surface area contributed by atoms with E-state index in [0.29, 0.717) is 16.3 Å². The second-order valence-corrected chi connectivity index (χ2v) is 6.74. The number of ether oxygens (including phenoxy) is 2. The van der Waals surface area contributed by atoms with Gasteiger partial charge < -0.3 is 20.3 Å². The largest absolute Gasteiger partial charge is 0.573 e. The topological polar surface area (TPSA) is 106 Å². The van der Waals surface area contributed by atoms with Crippen LogP contribution in [0.2, 0.25) is 0 Å². The fourth-order valence-electron chi connectivity index (χ4n) is 3.70. The molecule has 1 unspecified atom stereocenters. The van der Waals surface area contributed by atoms with E-state index in [1.165, 1.54) is 18.2 Å². The predicted octanol–water partition coefficient (Wildman–Crippen LogP) is 4.65. The van der Waals surface area contributed by atoms with E-state index >= 15 is 0 Å². The number of fused-ring (bicyclic) bond motifs is 3. The lowest BCUT2D eigenvalue weighted by Crippen LogP contribution is -2.22. The first-order valence-corrected chi connectivity index (χ1v) is 8.92. The van der Waals surface area contributed by atoms with Crippen molar-refractivity contribution in [1.29, 1.82) is 5.26 Å². The molecule has 0 radical (unpaired) electrons. The minimum atomic E-state index is -4.90. The Balaban J connectivity index is 1.99. The third-order valence-corrected chi connectivity index (χ3v) is 4.88. The average molecular weight is 426 g/mol. The number of halogens is 3. The van der Waals surface area contributed by atoms with Crippen LogP contribution >= 0.6 is 0 Å². The fraction of sp³-hybridized carbons (Fsp3) is 0.0909. The van der Waals surface area contributed by atoms with Crippen molar-refractivity contribution in [3.63, 3.8) is 0 Å². The van der Waals surface area contributed by atoms with Crippen LogP contribution in [0.3, 0.4) is 0 Å². The molecular formula is C22H13F3N2O4. The third-order valence-electron chi connectivity index (χ3n) is 4.88. The summed E-state index contributed by atoms with van der Waals surface area (Å²) >= 11 is 0. The zero-order valence-corrected chi connectivity index (χ0v) is 15.6. The number of aromatic carboxylic acids is 1. The fourth-order valence-corrected chi connectivity index (χ4v) is 3.70. The first-order valence-electron chi connectivity index (χ1n) is 8.92. The summed E-state index contributed by atoms with van der Waals surface area (Å²) in [6.45, 7) is 0. The number of carboxylic acids is 1. The van der Waals surface area contributed by atoms with Gasteiger partial charge >= 0.3 is 12.3 Å². The molecule has 0 spiro atoms. The highest BCUT2D eigenvalue weighted by Gasteiger charge is 2.35. The summed E-state index contributed by atoms with van der Waals surface area (Å²) in [5.74, 6) is -2.60. The van der Waals surface area contributed by atoms with Gasteiger partial charge in [-0.2, -0.15) is 5.26 Å². The van der Waals surface area contributed by atoms with Crippen molar-refractivity contribution < 1.29 is 32.5 Å². The van der Waals surface area contributed by atoms with Gasteiger partial charge in [-0.15, -0.1) is 13.2 Å². The first-order chi connectivity index (χ1) is 14.7. The molecule has 0 amide bonds. The summed E-state index contributed by atoms with van der Waals surface area (Å²) in [5.41, 5.74) is 6.44. The molecule has 3 N–H and O–H groups in total. The van der Waals surface area contributed by atoms with Crippen molar-refractivity contribution in [2.75, 3.05) is 0 Å². The summed E-state index contributed by atoms with van der Waals surface area (Å²) in [6, 6.07) is 15.0. The van der Waals surface area contributed by atoms with Gasteiger partial charge in [0.25, 0.3) is 0 Å². The Morgan fingerprint density at radius 2 is 1.84 bits per heavy atom. The van der Waals surface area contributed by atoms with E-state index in [9.17, 15) is 28.3 Å². The molecule has 9 heteroatoms. The van der Waals surface area contributed by atoms with E-state index in [2.05, 4.69) is 4.74 Å². The van der Waals surface area contributed by atoms with Crippen LogP contribution in [-0.4, -0.2) is 17.4 Å². The van der Waals surface area contributed by atoms with Crippen molar-refractivity contribution >= 4 is 16.7 Å². The van der Waals surface area contributed by atoms with Gasteiger partial charge in [0.1, 0.15) is 23.1 Å². The van der Waals surface area contributed by atoms with Crippen LogP contribution < -0.4 is 15.2 Å². The maximum absolute atomic E-state index is 12.7. The van der Waals surface area contributed by atoms with Crippen LogP contribution in [0, 0.1) is 11.3 Å². The van der Waals surface area contributed by atoms with Gasteiger partial charge in [-0.05, 0) is 29.1 Å². The summed E-state index contributed by atoms with van der Waals surface area (Å²) in [6.07, 6.45) is -4.90. The molecular weight excluding hydrogens is 413 g/mol. The van der Waals surface area contributed by atoms with Gasteiger partial charge in [-0.1, -0.05) is 36.4 Å². The number of nitrogens with zero attached hydrogens (tertiary/aromatic N) is 1. The Morgan fingerprint density at radius 3 is 2.48 bits per heavy atom. The molecule has 4 rings (SSSR count). The molecule has 1 aliphatic rings. The van der Waals surface area contributed by atoms with Crippen molar-refractivity contribution in [3.05, 3.63) is 82.7 Å². The van der Waals surface area contributed by atoms with Crippen LogP contribution in [0.4, 0.5) is 13.2 Å². The molecule has 3 aromatic carbocycles. The maximum Gasteiger partial charge on any atom is 0.573 e. The molecule has 0 saturated carbocycles. The number of nitriles is 1. The quantitative estimate of drug-likeness (QED) is 0.631. The van der Waals surface area contributed by atoms with Crippen LogP contribution in [0.5, 0.6) is 11.5 Å². The molecule has 3 aromatic rings. The molecule has 31 heavy (non-hydrogen) atoms. The van der Waals surface area contributed by atoms with Crippen molar-refractivity contribution in [2.45, 2.75) is 12.3 Å². The Morgan fingerprint density at radius 1 is 1.13 bits per heavy atom. The minimum Gasteiger partial charge on any atom is -0.478 e. The van der Waals surface area contributed by atoms with Crippen LogP contribution in [0.1, 0.15) is 27.4 Å². The van der Waals surface area contributed by atoms with E-state index < -0.39 is 24.0 Å². The van der Waals surface area contributed by atoms with Gasteiger partial charge in [0, 0.05) is 10.9 Å². The highest BCUT2D eigenvalue weighted by atomic mass is 19.4. The molecule has 0 bridgehead atoms. The van der Waals surface area contributed by atoms with Crippen LogP contribution in [0.25, 0.3) is 10.8 Å². The summed E-state index contributed by atoms with van der Waals surface area (Å²) in [5, 5.41) is 20.2. The van der Waals surface area contributed by atoms with Gasteiger partial charge in [-0.25, -0.2) is 4.79 Å². The highest BCUT2D eigenvalue weighted by molar-refractivity contribution is 6.06. The third kappa shape index (κ3) is 3.59. The smallest absolute Gasteiger partial charge is 0.478 e. The molecule has 0 saturated heterocycles. The Kier molecular flexibility index (Phi) is 4.70. The number of carboxylic acid groups (broad SMARTS) is 1. The zero-order valence-electron chi connectivity index (χ0n) is 15.6. The number of carbonyl (C=O) groups is 1. The van der Waals surface area contributed by atoms with Crippen LogP contribution in [0.15, 0.2) is 66.1 Å². The lowest BCUT2D eigenvalue weighted by atomic mass is 9.81. The van der Waals surface area contributed by atoms with Crippen molar-refractivity contribution in [1.82, 2.24) is 0 Å². The number of benzene rings is 3. The second kappa shape index (κ2) is 7.25. The standard InChI is InChI=1S/C22H13F3N2O4/c23-22(24,25)31-12-5-3-4-11(8-12)18-16-9-15(21(28)29)13-6-1-2-7-14(13)19(16)30-20(27)17(18)10-26/h1-9,18H,27H2,(H,28,29). The number of alkyl halides is 3. The highest BCUT2D eigenvalue weighted by Crippen LogP contribution is 2.47. The lowest BCUT2D eigenvalue weighted by Gasteiger charge is -2.28. The molecule has 1 heterocycles. The number of allylic oxidation sites excluding steroid dienone is 1. The number of hydrogen-bond acceptors (Lipinski definition) is 5. The normalized spacial score (nSPS) is 15.7. The molecule has 156 valence electrons. The van der Waals surface area contributed by atoms with Crippen molar-refractivity contribution in [3.8, 4) is 17.6 Å². The first kappa shape index (κ1) is 20.1. The van der Waals surface area contributed by atoms with Gasteiger partial charge in [-0.3, -0.25) is 0 Å². The number of nitrogens with two attached hydrogens (primary N) is 1. The maximum atomic E-state index is 12.7. The lowest BCUT2D eigenvalue weighted by molar-refractivity contribution is -0.274. The molecule has 1 atom stereocenters. The SMILES string of the molecule is N#CC1=C(N)Oc2c(cc(C(=O)O)c3ccccc23)C1c1cccc(OC(F)(F)F)c1. The predicted molar refractivity (Wildman–Crippen MR) is 103 cm³/mol. The molecule has 6 nitrogen and oxygen atoms in total. The van der Waals surface area contributed by atoms with E-state index in [4.69, 9.17) is 10.5 Å². The minimum absolute atomic E-state index is 0.0385. The van der Waals surface area contributed by atoms with Crippen LogP contribution in [-0.2, 0) is 0 Å². The second-order valence-electron chi connectivity index (χ2n) is 6.74. The van der Waals surface area contributed by atoms with Crippen molar-refractivity contribution in [2.24, 2.45) is 5.73 Å². The molecule has 1 aliphatic heterocycles. The monoisotopic (exact) mass is 426 g/mol. The molecule has 0 aromatic heterocycles. The van der Waals surface area contributed by atoms with Gasteiger partial charge in [0.2, 0.25) is 5.88 Å². The number of hydrogen-bond donors (Lipinski definition) is 2. The number of rotatable bonds is 3. The summed E-state index contributed by atoms with van der Waals surface area (Å²) < 4.78 is 47.7. The van der Waals surface area contributed by atoms with E-state index in [0.717, 1.165) is 12.1 Å². The molecule has 0 aliphatic carbocycles. The van der Waals surface area contributed by atoms with E-state index in [1.807, 2.05) is 6.07 Å². The Bertz CT molecular complexity index is 1290. The van der Waals surface area contributed by atoms with E-state index in [-0.39, 0.29) is 28.3 Å². The van der Waals surface area contributed by atoms with Gasteiger partial charge in [0.15, 0.2) is 0 Å². The zero-order chi connectivity index (χ0) is 22.3. The summed E-state index contributed by atoms with van der Waals surface area (Å²) in [7, 11) is 0. The van der Waals surface area contributed by atoms with Gasteiger partial charge in [0.05, 0.1) is 11.5 Å². The average Bonchev–Trinajstić information content (AvgIpc) is 2.71. The van der Waals surface area contributed by atoms with E-state index in [1.54, 1.807) is 24.3 Å². The molecule has 0 fully saturated rings. The summed E-state index contributed by atoms with van der Waals surface area (Å²) in [4.78, 5) is 11.9. The Labute approximate surface area is 173 Å².